The number of amides is 1. The number of rotatable bonds is 8. The molecule has 2 aromatic rings. The molecule has 0 atom stereocenters. The molecule has 7 nitrogen and oxygen atoms in total. The van der Waals surface area contributed by atoms with Crippen LogP contribution in [0.3, 0.4) is 0 Å². The Balaban J connectivity index is 1.99. The molecule has 23 heavy (non-hydrogen) atoms. The van der Waals surface area contributed by atoms with Gasteiger partial charge in [0.05, 0.1) is 0 Å². The summed E-state index contributed by atoms with van der Waals surface area (Å²) in [7, 11) is 0. The van der Waals surface area contributed by atoms with Crippen LogP contribution in [0.4, 0.5) is 5.69 Å². The van der Waals surface area contributed by atoms with E-state index in [-0.39, 0.29) is 11.6 Å². The van der Waals surface area contributed by atoms with E-state index in [0.29, 0.717) is 24.2 Å². The van der Waals surface area contributed by atoms with Crippen LogP contribution in [0.25, 0.3) is 10.9 Å². The second kappa shape index (κ2) is 7.75. The monoisotopic (exact) mass is 318 g/mol. The molecule has 1 aromatic heterocycles. The number of carboxylic acids is 1. The number of fused-ring (bicyclic) bond motifs is 1. The van der Waals surface area contributed by atoms with E-state index in [1.54, 1.807) is 25.1 Å². The zero-order valence-electron chi connectivity index (χ0n) is 13.1. The number of carboxylic acid groups (broad SMARTS) is 1. The molecule has 0 aliphatic heterocycles. The van der Waals surface area contributed by atoms with Crippen molar-refractivity contribution in [2.75, 3.05) is 25.0 Å². The second-order valence-electron chi connectivity index (χ2n) is 5.38. The van der Waals surface area contributed by atoms with Crippen molar-refractivity contribution in [3.05, 3.63) is 29.5 Å². The fourth-order valence-electron chi connectivity index (χ4n) is 2.44. The van der Waals surface area contributed by atoms with Gasteiger partial charge in [0.2, 0.25) is 5.91 Å². The Morgan fingerprint density at radius 3 is 2.78 bits per heavy atom. The number of hydrogen-bond donors (Lipinski definition) is 5. The molecular formula is C16H22N4O3. The van der Waals surface area contributed by atoms with Crippen LogP contribution >= 0.6 is 0 Å². The number of carbonyl (C=O) groups excluding carboxylic acids is 1. The molecule has 1 aromatic carbocycles. The average molecular weight is 318 g/mol. The predicted octanol–water partition coefficient (Wildman–Crippen LogP) is 1.44. The molecule has 2 rings (SSSR count). The molecule has 0 aliphatic carbocycles. The Morgan fingerprint density at radius 1 is 1.30 bits per heavy atom. The largest absolute Gasteiger partial charge is 0.477 e. The van der Waals surface area contributed by atoms with Gasteiger partial charge in [0.25, 0.3) is 0 Å². The minimum absolute atomic E-state index is 0.0643. The smallest absolute Gasteiger partial charge is 0.352 e. The molecule has 0 saturated carbocycles. The lowest BCUT2D eigenvalue weighted by atomic mass is 10.1. The summed E-state index contributed by atoms with van der Waals surface area (Å²) < 4.78 is 0. The summed E-state index contributed by atoms with van der Waals surface area (Å²) in [6.07, 6.45) is 1.16. The molecule has 0 aliphatic rings. The van der Waals surface area contributed by atoms with Crippen LogP contribution in [-0.2, 0) is 4.79 Å². The van der Waals surface area contributed by atoms with E-state index in [0.717, 1.165) is 30.4 Å². The van der Waals surface area contributed by atoms with Gasteiger partial charge in [-0.3, -0.25) is 4.79 Å². The van der Waals surface area contributed by atoms with E-state index in [1.807, 2.05) is 0 Å². The number of hydrogen-bond acceptors (Lipinski definition) is 4. The highest BCUT2D eigenvalue weighted by Crippen LogP contribution is 2.25. The summed E-state index contributed by atoms with van der Waals surface area (Å²) in [5, 5.41) is 15.9. The third-order valence-electron chi connectivity index (χ3n) is 3.63. The number of carbonyl (C=O) groups is 2. The number of aryl methyl sites for hydroxylation is 1. The Kier molecular flexibility index (Phi) is 5.72. The van der Waals surface area contributed by atoms with E-state index in [9.17, 15) is 9.59 Å². The van der Waals surface area contributed by atoms with E-state index >= 15 is 0 Å². The van der Waals surface area contributed by atoms with Gasteiger partial charge < -0.3 is 26.5 Å². The van der Waals surface area contributed by atoms with Crippen LogP contribution in [0.2, 0.25) is 0 Å². The van der Waals surface area contributed by atoms with Gasteiger partial charge in [-0.1, -0.05) is 0 Å². The maximum atomic E-state index is 11.9. The van der Waals surface area contributed by atoms with Crippen molar-refractivity contribution >= 4 is 28.5 Å². The number of aromatic amines is 1. The number of anilines is 1. The van der Waals surface area contributed by atoms with Crippen molar-refractivity contribution in [3.8, 4) is 0 Å². The van der Waals surface area contributed by atoms with Gasteiger partial charge in [-0.2, -0.15) is 0 Å². The lowest BCUT2D eigenvalue weighted by molar-refractivity contribution is -0.116. The fourth-order valence-corrected chi connectivity index (χ4v) is 2.44. The van der Waals surface area contributed by atoms with E-state index in [1.165, 1.54) is 0 Å². The van der Waals surface area contributed by atoms with Gasteiger partial charge >= 0.3 is 5.97 Å². The number of nitrogens with one attached hydrogen (secondary N) is 3. The van der Waals surface area contributed by atoms with E-state index < -0.39 is 5.97 Å². The van der Waals surface area contributed by atoms with Crippen molar-refractivity contribution in [1.29, 1.82) is 0 Å². The Hall–Kier alpha value is -2.38. The third kappa shape index (κ3) is 4.30. The minimum atomic E-state index is -0.991. The maximum Gasteiger partial charge on any atom is 0.352 e. The summed E-state index contributed by atoms with van der Waals surface area (Å²) in [6, 6.07) is 5.32. The van der Waals surface area contributed by atoms with Crippen molar-refractivity contribution < 1.29 is 14.7 Å². The minimum Gasteiger partial charge on any atom is -0.477 e. The molecule has 0 radical (unpaired) electrons. The summed E-state index contributed by atoms with van der Waals surface area (Å²) in [6.45, 7) is 3.83. The molecule has 124 valence electrons. The van der Waals surface area contributed by atoms with Gasteiger partial charge in [-0.25, -0.2) is 4.79 Å². The van der Waals surface area contributed by atoms with Crippen LogP contribution in [-0.4, -0.2) is 41.6 Å². The molecule has 0 spiro atoms. The number of aromatic nitrogens is 1. The van der Waals surface area contributed by atoms with Crippen LogP contribution in [0.15, 0.2) is 18.2 Å². The Morgan fingerprint density at radius 2 is 2.09 bits per heavy atom. The normalized spacial score (nSPS) is 10.9. The molecule has 0 saturated heterocycles. The van der Waals surface area contributed by atoms with Gasteiger partial charge in [-0.15, -0.1) is 0 Å². The van der Waals surface area contributed by atoms with Gasteiger partial charge in [-0.05, 0) is 43.7 Å². The van der Waals surface area contributed by atoms with Gasteiger partial charge in [0, 0.05) is 36.1 Å². The summed E-state index contributed by atoms with van der Waals surface area (Å²) in [4.78, 5) is 25.9. The predicted molar refractivity (Wildman–Crippen MR) is 89.8 cm³/mol. The number of aromatic carboxylic acids is 1. The maximum absolute atomic E-state index is 11.9. The first kappa shape index (κ1) is 17.0. The van der Waals surface area contributed by atoms with Crippen LogP contribution in [0.5, 0.6) is 0 Å². The number of benzene rings is 1. The molecule has 1 amide bonds. The summed E-state index contributed by atoms with van der Waals surface area (Å²) >= 11 is 0. The van der Waals surface area contributed by atoms with Crippen molar-refractivity contribution in [1.82, 2.24) is 10.3 Å². The van der Waals surface area contributed by atoms with Gasteiger partial charge in [0.15, 0.2) is 0 Å². The zero-order valence-corrected chi connectivity index (χ0v) is 13.1. The molecule has 7 heteroatoms. The first-order valence-corrected chi connectivity index (χ1v) is 7.59. The van der Waals surface area contributed by atoms with E-state index in [2.05, 4.69) is 15.6 Å². The first-order chi connectivity index (χ1) is 11.0. The van der Waals surface area contributed by atoms with E-state index in [4.69, 9.17) is 10.8 Å². The third-order valence-corrected chi connectivity index (χ3v) is 3.63. The lowest BCUT2D eigenvalue weighted by Crippen LogP contribution is -2.24. The second-order valence-corrected chi connectivity index (χ2v) is 5.38. The molecule has 0 fully saturated rings. The quantitative estimate of drug-likeness (QED) is 0.472. The Bertz CT molecular complexity index is 709. The standard InChI is InChI=1S/C16H22N4O3/c1-10-12-9-11(4-5-13(12)20-15(10)16(22)23)19-14(21)3-2-7-18-8-6-17/h4-5,9,18,20H,2-3,6-8,17H2,1H3,(H,19,21)(H,22,23). The SMILES string of the molecule is Cc1c(C(=O)O)[nH]c2ccc(NC(=O)CCCNCCN)cc12. The summed E-state index contributed by atoms with van der Waals surface area (Å²) in [5.74, 6) is -1.06. The molecule has 1 heterocycles. The zero-order chi connectivity index (χ0) is 16.8. The molecule has 6 N–H and O–H groups in total. The highest BCUT2D eigenvalue weighted by Gasteiger charge is 2.14. The number of nitrogens with two attached hydrogens (primary N) is 1. The highest BCUT2D eigenvalue weighted by atomic mass is 16.4. The fraction of sp³-hybridized carbons (Fsp3) is 0.375. The van der Waals surface area contributed by atoms with Crippen molar-refractivity contribution in [2.24, 2.45) is 5.73 Å². The molecular weight excluding hydrogens is 296 g/mol. The van der Waals surface area contributed by atoms with Crippen LogP contribution in [0, 0.1) is 6.92 Å². The molecule has 0 bridgehead atoms. The highest BCUT2D eigenvalue weighted by molar-refractivity contribution is 5.99. The van der Waals surface area contributed by atoms with Crippen molar-refractivity contribution in [3.63, 3.8) is 0 Å². The molecule has 0 unspecified atom stereocenters. The van der Waals surface area contributed by atoms with Crippen LogP contribution < -0.4 is 16.4 Å². The lowest BCUT2D eigenvalue weighted by Gasteiger charge is -2.06. The topological polar surface area (TPSA) is 120 Å². The first-order valence-electron chi connectivity index (χ1n) is 7.59. The average Bonchev–Trinajstić information content (AvgIpc) is 2.84. The summed E-state index contributed by atoms with van der Waals surface area (Å²) in [5.41, 5.74) is 7.61. The van der Waals surface area contributed by atoms with Gasteiger partial charge in [0.1, 0.15) is 5.69 Å². The Labute approximate surface area is 134 Å². The van der Waals surface area contributed by atoms with Crippen LogP contribution in [0.1, 0.15) is 28.9 Å². The van der Waals surface area contributed by atoms with Crippen molar-refractivity contribution in [2.45, 2.75) is 19.8 Å². The number of H-pyrrole nitrogens is 1.